The normalized spacial score (nSPS) is 11.3. The van der Waals surface area contributed by atoms with Crippen LogP contribution in [0.1, 0.15) is 5.56 Å². The van der Waals surface area contributed by atoms with Gasteiger partial charge in [0.05, 0.1) is 13.3 Å². The number of oxime groups is 1. The lowest BCUT2D eigenvalue weighted by Gasteiger charge is -2.04. The van der Waals surface area contributed by atoms with E-state index in [0.29, 0.717) is 28.0 Å². The predicted molar refractivity (Wildman–Crippen MR) is 80.9 cm³/mol. The topological polar surface area (TPSA) is 95.4 Å². The molecule has 0 aliphatic heterocycles. The van der Waals surface area contributed by atoms with E-state index < -0.39 is 0 Å². The van der Waals surface area contributed by atoms with E-state index in [-0.39, 0.29) is 11.5 Å². The largest absolute Gasteiger partial charge is 0.508 e. The summed E-state index contributed by atoms with van der Waals surface area (Å²) in [5.41, 5.74) is 1.51. The molecule has 0 atom stereocenters. The molecule has 6 nitrogen and oxygen atoms in total. The van der Waals surface area contributed by atoms with Crippen LogP contribution in [0.2, 0.25) is 0 Å². The fourth-order valence-electron chi connectivity index (χ4n) is 2.29. The number of furan rings is 1. The highest BCUT2D eigenvalue weighted by molar-refractivity contribution is 6.04. The number of hydrogen-bond donors (Lipinski definition) is 3. The van der Waals surface area contributed by atoms with Crippen molar-refractivity contribution >= 4 is 17.2 Å². The number of aromatic hydroxyl groups is 2. The second-order valence-electron chi connectivity index (χ2n) is 4.66. The maximum atomic E-state index is 10.0. The Hall–Kier alpha value is -3.15. The van der Waals surface area contributed by atoms with E-state index in [2.05, 4.69) is 5.16 Å². The van der Waals surface area contributed by atoms with Crippen molar-refractivity contribution in [1.29, 1.82) is 0 Å². The standard InChI is InChI=1S/C16H13NO5/c1-21-15-7-13(19)12(8-17-20)11-6-14(22-16(11)15)9-2-4-10(18)5-3-9/h2-8,18-20H,1H3/b17-8+. The Kier molecular flexibility index (Phi) is 3.34. The van der Waals surface area contributed by atoms with Crippen LogP contribution in [0.25, 0.3) is 22.3 Å². The van der Waals surface area contributed by atoms with Crippen LogP contribution in [-0.4, -0.2) is 28.7 Å². The van der Waals surface area contributed by atoms with Crippen molar-refractivity contribution in [3.05, 3.63) is 42.0 Å². The summed E-state index contributed by atoms with van der Waals surface area (Å²) in [6.07, 6.45) is 1.13. The third-order valence-corrected chi connectivity index (χ3v) is 3.35. The average molecular weight is 299 g/mol. The van der Waals surface area contributed by atoms with E-state index in [9.17, 15) is 10.2 Å². The number of phenolic OH excluding ortho intramolecular Hbond substituents is 2. The lowest BCUT2D eigenvalue weighted by molar-refractivity contribution is 0.321. The first-order valence-corrected chi connectivity index (χ1v) is 6.44. The van der Waals surface area contributed by atoms with Crippen molar-refractivity contribution in [2.24, 2.45) is 5.16 Å². The highest BCUT2D eigenvalue weighted by atomic mass is 16.5. The van der Waals surface area contributed by atoms with E-state index in [1.807, 2.05) is 0 Å². The molecule has 6 heteroatoms. The summed E-state index contributed by atoms with van der Waals surface area (Å²) in [6.45, 7) is 0. The van der Waals surface area contributed by atoms with Crippen LogP contribution < -0.4 is 4.74 Å². The van der Waals surface area contributed by atoms with E-state index in [1.165, 1.54) is 13.2 Å². The summed E-state index contributed by atoms with van der Waals surface area (Å²) < 4.78 is 11.0. The SMILES string of the molecule is COc1cc(O)c(/C=N/O)c2cc(-c3ccc(O)cc3)oc12. The van der Waals surface area contributed by atoms with Gasteiger partial charge in [0.2, 0.25) is 0 Å². The molecule has 0 aliphatic rings. The van der Waals surface area contributed by atoms with Gasteiger partial charge in [-0.2, -0.15) is 0 Å². The van der Waals surface area contributed by atoms with Crippen LogP contribution in [0.3, 0.4) is 0 Å². The molecule has 0 saturated carbocycles. The van der Waals surface area contributed by atoms with Crippen LogP contribution >= 0.6 is 0 Å². The van der Waals surface area contributed by atoms with Gasteiger partial charge in [-0.05, 0) is 30.3 Å². The van der Waals surface area contributed by atoms with Gasteiger partial charge in [-0.3, -0.25) is 0 Å². The summed E-state index contributed by atoms with van der Waals surface area (Å²) in [5.74, 6) is 0.975. The molecular weight excluding hydrogens is 286 g/mol. The number of ether oxygens (including phenoxy) is 1. The second kappa shape index (κ2) is 5.33. The Labute approximate surface area is 125 Å². The van der Waals surface area contributed by atoms with Gasteiger partial charge in [0.15, 0.2) is 11.3 Å². The third-order valence-electron chi connectivity index (χ3n) is 3.35. The maximum Gasteiger partial charge on any atom is 0.177 e. The van der Waals surface area contributed by atoms with Crippen molar-refractivity contribution in [3.8, 4) is 28.6 Å². The molecule has 0 fully saturated rings. The molecule has 0 amide bonds. The molecule has 0 aliphatic carbocycles. The number of hydrogen-bond acceptors (Lipinski definition) is 6. The molecule has 1 heterocycles. The molecule has 1 aromatic heterocycles. The lowest BCUT2D eigenvalue weighted by Crippen LogP contribution is -1.88. The van der Waals surface area contributed by atoms with Crippen LogP contribution in [0.15, 0.2) is 46.0 Å². The monoisotopic (exact) mass is 299 g/mol. The molecule has 22 heavy (non-hydrogen) atoms. The van der Waals surface area contributed by atoms with E-state index in [0.717, 1.165) is 11.8 Å². The van der Waals surface area contributed by atoms with Crippen LogP contribution in [0.4, 0.5) is 0 Å². The van der Waals surface area contributed by atoms with Gasteiger partial charge in [-0.25, -0.2) is 0 Å². The molecule has 0 spiro atoms. The zero-order valence-corrected chi connectivity index (χ0v) is 11.6. The van der Waals surface area contributed by atoms with Gasteiger partial charge in [-0.15, -0.1) is 0 Å². The number of nitrogens with zero attached hydrogens (tertiary/aromatic N) is 1. The summed E-state index contributed by atoms with van der Waals surface area (Å²) in [4.78, 5) is 0. The third kappa shape index (κ3) is 2.20. The number of rotatable bonds is 3. The first-order chi connectivity index (χ1) is 10.6. The highest BCUT2D eigenvalue weighted by Crippen LogP contribution is 2.39. The first-order valence-electron chi connectivity index (χ1n) is 6.44. The highest BCUT2D eigenvalue weighted by Gasteiger charge is 2.17. The summed E-state index contributed by atoms with van der Waals surface area (Å²) in [7, 11) is 1.47. The van der Waals surface area contributed by atoms with E-state index in [4.69, 9.17) is 14.4 Å². The van der Waals surface area contributed by atoms with Gasteiger partial charge in [0.25, 0.3) is 0 Å². The molecule has 0 saturated heterocycles. The summed E-state index contributed by atoms with van der Waals surface area (Å²) in [6, 6.07) is 9.61. The van der Waals surface area contributed by atoms with Crippen molar-refractivity contribution in [2.45, 2.75) is 0 Å². The van der Waals surface area contributed by atoms with E-state index in [1.54, 1.807) is 30.3 Å². The molecule has 0 unspecified atom stereocenters. The zero-order chi connectivity index (χ0) is 15.7. The van der Waals surface area contributed by atoms with Gasteiger partial charge in [-0.1, -0.05) is 5.16 Å². The van der Waals surface area contributed by atoms with Crippen LogP contribution in [0, 0.1) is 0 Å². The molecule has 3 N–H and O–H groups in total. The molecule has 0 bridgehead atoms. The molecular formula is C16H13NO5. The molecule has 2 aromatic carbocycles. The number of fused-ring (bicyclic) bond motifs is 1. The fraction of sp³-hybridized carbons (Fsp3) is 0.0625. The molecule has 3 aromatic rings. The Bertz CT molecular complexity index is 849. The Morgan fingerprint density at radius 3 is 2.50 bits per heavy atom. The van der Waals surface area contributed by atoms with Crippen molar-refractivity contribution in [3.63, 3.8) is 0 Å². The number of methoxy groups -OCH3 is 1. The van der Waals surface area contributed by atoms with Gasteiger partial charge in [0, 0.05) is 22.6 Å². The minimum atomic E-state index is -0.0831. The first kappa shape index (κ1) is 13.8. The number of phenols is 2. The zero-order valence-electron chi connectivity index (χ0n) is 11.6. The minimum absolute atomic E-state index is 0.0831. The van der Waals surface area contributed by atoms with Gasteiger partial charge in [0.1, 0.15) is 17.3 Å². The van der Waals surface area contributed by atoms with Gasteiger partial charge < -0.3 is 24.6 Å². The van der Waals surface area contributed by atoms with Gasteiger partial charge >= 0.3 is 0 Å². The maximum absolute atomic E-state index is 10.0. The number of benzene rings is 2. The Morgan fingerprint density at radius 2 is 1.86 bits per heavy atom. The van der Waals surface area contributed by atoms with Crippen molar-refractivity contribution < 1.29 is 24.6 Å². The van der Waals surface area contributed by atoms with E-state index >= 15 is 0 Å². The van der Waals surface area contributed by atoms with Crippen LogP contribution in [0.5, 0.6) is 17.2 Å². The molecule has 112 valence electrons. The second-order valence-corrected chi connectivity index (χ2v) is 4.66. The molecule has 0 radical (unpaired) electrons. The Balaban J connectivity index is 2.27. The van der Waals surface area contributed by atoms with Crippen molar-refractivity contribution in [1.82, 2.24) is 0 Å². The summed E-state index contributed by atoms with van der Waals surface area (Å²) >= 11 is 0. The smallest absolute Gasteiger partial charge is 0.177 e. The quantitative estimate of drug-likeness (QED) is 0.391. The predicted octanol–water partition coefficient (Wildman–Crippen LogP) is 3.33. The fourth-order valence-corrected chi connectivity index (χ4v) is 2.29. The minimum Gasteiger partial charge on any atom is -0.508 e. The average Bonchev–Trinajstić information content (AvgIpc) is 2.95. The Morgan fingerprint density at radius 1 is 1.14 bits per heavy atom. The summed E-state index contributed by atoms with van der Waals surface area (Å²) in [5, 5.41) is 31.6. The van der Waals surface area contributed by atoms with Crippen LogP contribution in [-0.2, 0) is 0 Å². The lowest BCUT2D eigenvalue weighted by atomic mass is 10.1. The molecule has 3 rings (SSSR count). The van der Waals surface area contributed by atoms with Crippen molar-refractivity contribution in [2.75, 3.05) is 7.11 Å².